The molecule has 0 unspecified atom stereocenters. The Morgan fingerprint density at radius 2 is 1.69 bits per heavy atom. The molecular weight excluding hydrogens is 491 g/mol. The molecule has 0 aliphatic heterocycles. The second-order valence-electron chi connectivity index (χ2n) is 7.60. The predicted octanol–water partition coefficient (Wildman–Crippen LogP) is 4.98. The van der Waals surface area contributed by atoms with E-state index in [-0.39, 0.29) is 11.4 Å². The summed E-state index contributed by atoms with van der Waals surface area (Å²) in [6, 6.07) is 22.6. The van der Waals surface area contributed by atoms with Crippen LogP contribution >= 0.6 is 11.6 Å². The van der Waals surface area contributed by atoms with Gasteiger partial charge in [-0.15, -0.1) is 0 Å². The standard InChI is InChI=1S/C25H22ClFN4O3S/c1-2-30(35(33,34)22-14-10-20(27)11-15-22)17-25(32)28-24-16-23(18-6-4-3-5-7-18)29-31(24)21-12-8-19(26)9-13-21/h3-16H,2,17H2,1H3,(H,28,32). The number of sulfonamides is 1. The fourth-order valence-corrected chi connectivity index (χ4v) is 5.00. The van der Waals surface area contributed by atoms with Gasteiger partial charge in [0.2, 0.25) is 15.9 Å². The topological polar surface area (TPSA) is 84.3 Å². The summed E-state index contributed by atoms with van der Waals surface area (Å²) in [5.74, 6) is -0.729. The van der Waals surface area contributed by atoms with E-state index >= 15 is 0 Å². The number of rotatable bonds is 8. The third-order valence-corrected chi connectivity index (χ3v) is 7.43. The summed E-state index contributed by atoms with van der Waals surface area (Å²) >= 11 is 6.02. The molecule has 10 heteroatoms. The largest absolute Gasteiger partial charge is 0.309 e. The lowest BCUT2D eigenvalue weighted by Crippen LogP contribution is -2.38. The smallest absolute Gasteiger partial charge is 0.243 e. The molecular formula is C25H22ClFN4O3S. The number of anilines is 1. The average molecular weight is 513 g/mol. The van der Waals surface area contributed by atoms with E-state index in [1.165, 1.54) is 12.1 Å². The lowest BCUT2D eigenvalue weighted by Gasteiger charge is -2.20. The van der Waals surface area contributed by atoms with Crippen LogP contribution in [0.2, 0.25) is 5.02 Å². The van der Waals surface area contributed by atoms with Gasteiger partial charge in [0.25, 0.3) is 0 Å². The van der Waals surface area contributed by atoms with Gasteiger partial charge in [0.15, 0.2) is 0 Å². The van der Waals surface area contributed by atoms with E-state index in [1.807, 2.05) is 30.3 Å². The summed E-state index contributed by atoms with van der Waals surface area (Å²) in [5, 5.41) is 7.96. The van der Waals surface area contributed by atoms with Gasteiger partial charge in [0, 0.05) is 23.2 Å². The van der Waals surface area contributed by atoms with E-state index in [1.54, 1.807) is 41.9 Å². The van der Waals surface area contributed by atoms with Crippen LogP contribution in [0.4, 0.5) is 10.2 Å². The fourth-order valence-electron chi connectivity index (χ4n) is 3.46. The molecule has 35 heavy (non-hydrogen) atoms. The first-order chi connectivity index (χ1) is 16.8. The highest BCUT2D eigenvalue weighted by Crippen LogP contribution is 2.26. The number of carbonyl (C=O) groups is 1. The number of carbonyl (C=O) groups excluding carboxylic acids is 1. The summed E-state index contributed by atoms with van der Waals surface area (Å²) in [6.07, 6.45) is 0. The number of hydrogen-bond donors (Lipinski definition) is 1. The first-order valence-electron chi connectivity index (χ1n) is 10.7. The number of nitrogens with zero attached hydrogens (tertiary/aromatic N) is 3. The second kappa shape index (κ2) is 10.4. The summed E-state index contributed by atoms with van der Waals surface area (Å²) in [5.41, 5.74) is 2.14. The van der Waals surface area contributed by atoms with Crippen molar-refractivity contribution in [1.29, 1.82) is 0 Å². The summed E-state index contributed by atoms with van der Waals surface area (Å²) in [4.78, 5) is 12.9. The Kier molecular flexibility index (Phi) is 7.30. The molecule has 180 valence electrons. The lowest BCUT2D eigenvalue weighted by atomic mass is 10.2. The van der Waals surface area contributed by atoms with Gasteiger partial charge in [-0.3, -0.25) is 4.79 Å². The van der Waals surface area contributed by atoms with E-state index in [4.69, 9.17) is 11.6 Å². The van der Waals surface area contributed by atoms with Crippen molar-refractivity contribution in [2.24, 2.45) is 0 Å². The van der Waals surface area contributed by atoms with E-state index < -0.39 is 28.3 Å². The normalized spacial score (nSPS) is 11.5. The van der Waals surface area contributed by atoms with Crippen LogP contribution < -0.4 is 5.32 Å². The van der Waals surface area contributed by atoms with Crippen LogP contribution in [0.3, 0.4) is 0 Å². The van der Waals surface area contributed by atoms with Crippen LogP contribution in [0.15, 0.2) is 89.8 Å². The van der Waals surface area contributed by atoms with Gasteiger partial charge in [-0.1, -0.05) is 48.9 Å². The average Bonchev–Trinajstić information content (AvgIpc) is 3.27. The first kappa shape index (κ1) is 24.6. The molecule has 0 atom stereocenters. The number of halogens is 2. The Hall–Kier alpha value is -3.53. The molecule has 1 aromatic heterocycles. The van der Waals surface area contributed by atoms with Gasteiger partial charge >= 0.3 is 0 Å². The van der Waals surface area contributed by atoms with Crippen LogP contribution in [-0.4, -0.2) is 41.5 Å². The number of likely N-dealkylation sites (N-methyl/N-ethyl adjacent to an activating group) is 1. The summed E-state index contributed by atoms with van der Waals surface area (Å²) < 4.78 is 41.8. The predicted molar refractivity (Wildman–Crippen MR) is 133 cm³/mol. The quantitative estimate of drug-likeness (QED) is 0.361. The van der Waals surface area contributed by atoms with Crippen LogP contribution in [-0.2, 0) is 14.8 Å². The number of benzene rings is 3. The molecule has 0 aliphatic rings. The molecule has 0 bridgehead atoms. The van der Waals surface area contributed by atoms with Crippen LogP contribution in [0.25, 0.3) is 16.9 Å². The van der Waals surface area contributed by atoms with Crippen molar-refractivity contribution in [3.8, 4) is 16.9 Å². The fraction of sp³-hybridized carbons (Fsp3) is 0.120. The second-order valence-corrected chi connectivity index (χ2v) is 9.98. The van der Waals surface area contributed by atoms with Gasteiger partial charge in [-0.05, 0) is 48.5 Å². The molecule has 0 fully saturated rings. The molecule has 0 saturated heterocycles. The molecule has 4 aromatic rings. The zero-order valence-corrected chi connectivity index (χ0v) is 20.3. The summed E-state index contributed by atoms with van der Waals surface area (Å²) in [6.45, 7) is 1.25. The Labute approximate surface area is 207 Å². The van der Waals surface area contributed by atoms with E-state index in [9.17, 15) is 17.6 Å². The zero-order chi connectivity index (χ0) is 25.0. The molecule has 3 aromatic carbocycles. The minimum Gasteiger partial charge on any atom is -0.309 e. The van der Waals surface area contributed by atoms with Crippen LogP contribution in [0, 0.1) is 5.82 Å². The van der Waals surface area contributed by atoms with Crippen molar-refractivity contribution in [2.45, 2.75) is 11.8 Å². The van der Waals surface area contributed by atoms with Gasteiger partial charge in [0.1, 0.15) is 11.6 Å². The van der Waals surface area contributed by atoms with Crippen molar-refractivity contribution >= 4 is 33.3 Å². The third-order valence-electron chi connectivity index (χ3n) is 5.24. The van der Waals surface area contributed by atoms with Crippen molar-refractivity contribution in [3.05, 3.63) is 95.8 Å². The molecule has 0 spiro atoms. The van der Waals surface area contributed by atoms with Crippen LogP contribution in [0.1, 0.15) is 6.92 Å². The highest BCUT2D eigenvalue weighted by Gasteiger charge is 2.26. The van der Waals surface area contributed by atoms with Crippen molar-refractivity contribution in [2.75, 3.05) is 18.4 Å². The molecule has 1 amide bonds. The first-order valence-corrected chi connectivity index (χ1v) is 12.6. The van der Waals surface area contributed by atoms with E-state index in [0.29, 0.717) is 22.2 Å². The molecule has 7 nitrogen and oxygen atoms in total. The molecule has 0 radical (unpaired) electrons. The maximum atomic E-state index is 13.2. The number of nitrogens with one attached hydrogen (secondary N) is 1. The minimum atomic E-state index is -3.99. The Balaban J connectivity index is 1.62. The monoisotopic (exact) mass is 512 g/mol. The highest BCUT2D eigenvalue weighted by atomic mass is 35.5. The van der Waals surface area contributed by atoms with Crippen molar-refractivity contribution in [1.82, 2.24) is 14.1 Å². The number of amides is 1. The maximum Gasteiger partial charge on any atom is 0.243 e. The molecule has 0 aliphatic carbocycles. The SMILES string of the molecule is CCN(CC(=O)Nc1cc(-c2ccccc2)nn1-c1ccc(Cl)cc1)S(=O)(=O)c1ccc(F)cc1. The molecule has 1 heterocycles. The number of aromatic nitrogens is 2. The van der Waals surface area contributed by atoms with Gasteiger partial charge in [-0.25, -0.2) is 17.5 Å². The third kappa shape index (κ3) is 5.59. The summed E-state index contributed by atoms with van der Waals surface area (Å²) in [7, 11) is -3.99. The van der Waals surface area contributed by atoms with Crippen molar-refractivity contribution in [3.63, 3.8) is 0 Å². The van der Waals surface area contributed by atoms with E-state index in [2.05, 4.69) is 10.4 Å². The maximum absolute atomic E-state index is 13.2. The zero-order valence-electron chi connectivity index (χ0n) is 18.7. The highest BCUT2D eigenvalue weighted by molar-refractivity contribution is 7.89. The van der Waals surface area contributed by atoms with Crippen molar-refractivity contribution < 1.29 is 17.6 Å². The molecule has 1 N–H and O–H groups in total. The van der Waals surface area contributed by atoms with Gasteiger partial charge in [0.05, 0.1) is 22.8 Å². The Bertz CT molecular complexity index is 1420. The van der Waals surface area contributed by atoms with Gasteiger partial charge < -0.3 is 5.32 Å². The molecule has 4 rings (SSSR count). The molecule has 0 saturated carbocycles. The number of hydrogen-bond acceptors (Lipinski definition) is 4. The Morgan fingerprint density at radius 3 is 2.31 bits per heavy atom. The lowest BCUT2D eigenvalue weighted by molar-refractivity contribution is -0.116. The van der Waals surface area contributed by atoms with Crippen LogP contribution in [0.5, 0.6) is 0 Å². The van der Waals surface area contributed by atoms with E-state index in [0.717, 1.165) is 22.0 Å². The Morgan fingerprint density at radius 1 is 1.03 bits per heavy atom. The minimum absolute atomic E-state index is 0.0544. The van der Waals surface area contributed by atoms with Gasteiger partial charge in [-0.2, -0.15) is 9.40 Å².